The Morgan fingerprint density at radius 3 is 2.88 bits per heavy atom. The SMILES string of the molecule is CONC(=O)NCC1(c2cccc(Cl)c2)CC1. The van der Waals surface area contributed by atoms with Gasteiger partial charge in [0, 0.05) is 17.0 Å². The number of carbonyl (C=O) groups is 1. The second-order valence-corrected chi connectivity index (χ2v) is 4.72. The largest absolute Gasteiger partial charge is 0.338 e. The van der Waals surface area contributed by atoms with Crippen molar-refractivity contribution in [2.75, 3.05) is 13.7 Å². The van der Waals surface area contributed by atoms with Crippen LogP contribution in [0.1, 0.15) is 18.4 Å². The van der Waals surface area contributed by atoms with Crippen LogP contribution in [0.5, 0.6) is 0 Å². The van der Waals surface area contributed by atoms with Gasteiger partial charge >= 0.3 is 6.03 Å². The van der Waals surface area contributed by atoms with Gasteiger partial charge in [-0.05, 0) is 30.5 Å². The molecule has 0 aromatic heterocycles. The maximum Gasteiger partial charge on any atom is 0.338 e. The summed E-state index contributed by atoms with van der Waals surface area (Å²) >= 11 is 5.97. The highest BCUT2D eigenvalue weighted by Gasteiger charge is 2.44. The van der Waals surface area contributed by atoms with Crippen LogP contribution in [0.4, 0.5) is 4.79 Å². The average Bonchev–Trinajstić information content (AvgIpc) is 3.08. The van der Waals surface area contributed by atoms with Crippen LogP contribution in [0.2, 0.25) is 5.02 Å². The van der Waals surface area contributed by atoms with Crippen LogP contribution in [0.25, 0.3) is 0 Å². The van der Waals surface area contributed by atoms with Crippen molar-refractivity contribution < 1.29 is 9.63 Å². The van der Waals surface area contributed by atoms with E-state index in [1.54, 1.807) is 0 Å². The molecule has 5 heteroatoms. The summed E-state index contributed by atoms with van der Waals surface area (Å²) in [6.45, 7) is 0.600. The molecule has 2 amide bonds. The Kier molecular flexibility index (Phi) is 3.54. The summed E-state index contributed by atoms with van der Waals surface area (Å²) in [6.07, 6.45) is 2.14. The van der Waals surface area contributed by atoms with Crippen molar-refractivity contribution >= 4 is 17.6 Å². The molecule has 1 saturated carbocycles. The molecule has 0 aliphatic heterocycles. The molecule has 0 saturated heterocycles. The van der Waals surface area contributed by atoms with Gasteiger partial charge in [0.05, 0.1) is 7.11 Å². The predicted octanol–water partition coefficient (Wildman–Crippen LogP) is 2.23. The van der Waals surface area contributed by atoms with Gasteiger partial charge in [0.15, 0.2) is 0 Å². The molecule has 0 radical (unpaired) electrons. The first-order chi connectivity index (χ1) is 8.16. The third-order valence-electron chi connectivity index (χ3n) is 3.07. The predicted molar refractivity (Wildman–Crippen MR) is 65.9 cm³/mol. The number of halogens is 1. The summed E-state index contributed by atoms with van der Waals surface area (Å²) in [5, 5.41) is 3.52. The zero-order valence-corrected chi connectivity index (χ0v) is 10.4. The smallest absolute Gasteiger partial charge is 0.335 e. The number of nitrogens with one attached hydrogen (secondary N) is 2. The highest BCUT2D eigenvalue weighted by Crippen LogP contribution is 2.48. The molecule has 17 heavy (non-hydrogen) atoms. The third-order valence-corrected chi connectivity index (χ3v) is 3.31. The van der Waals surface area contributed by atoms with Crippen molar-refractivity contribution in [2.24, 2.45) is 0 Å². The lowest BCUT2D eigenvalue weighted by Crippen LogP contribution is -2.39. The molecule has 1 aliphatic rings. The Hall–Kier alpha value is -1.26. The van der Waals surface area contributed by atoms with Gasteiger partial charge in [0.25, 0.3) is 0 Å². The van der Waals surface area contributed by atoms with Gasteiger partial charge in [-0.1, -0.05) is 23.7 Å². The Labute approximate surface area is 105 Å². The van der Waals surface area contributed by atoms with E-state index in [2.05, 4.69) is 21.7 Å². The van der Waals surface area contributed by atoms with E-state index in [1.807, 2.05) is 18.2 Å². The highest BCUT2D eigenvalue weighted by atomic mass is 35.5. The fraction of sp³-hybridized carbons (Fsp3) is 0.417. The van der Waals surface area contributed by atoms with Gasteiger partial charge < -0.3 is 5.32 Å². The molecule has 0 heterocycles. The Morgan fingerprint density at radius 2 is 2.29 bits per heavy atom. The molecular weight excluding hydrogens is 240 g/mol. The van der Waals surface area contributed by atoms with Crippen LogP contribution < -0.4 is 10.8 Å². The van der Waals surface area contributed by atoms with E-state index in [1.165, 1.54) is 12.7 Å². The van der Waals surface area contributed by atoms with Crippen LogP contribution in [-0.2, 0) is 10.3 Å². The lowest BCUT2D eigenvalue weighted by Gasteiger charge is -2.16. The Morgan fingerprint density at radius 1 is 1.53 bits per heavy atom. The average molecular weight is 255 g/mol. The second-order valence-electron chi connectivity index (χ2n) is 4.28. The maximum absolute atomic E-state index is 11.2. The molecule has 4 nitrogen and oxygen atoms in total. The summed E-state index contributed by atoms with van der Waals surface area (Å²) in [5.74, 6) is 0. The molecule has 1 aromatic rings. The van der Waals surface area contributed by atoms with Gasteiger partial charge in [-0.3, -0.25) is 4.84 Å². The number of hydrogen-bond donors (Lipinski definition) is 2. The van der Waals surface area contributed by atoms with Crippen molar-refractivity contribution in [3.8, 4) is 0 Å². The molecule has 2 rings (SSSR count). The molecule has 92 valence electrons. The number of benzene rings is 1. The molecule has 1 aliphatic carbocycles. The van der Waals surface area contributed by atoms with Crippen LogP contribution in [0.3, 0.4) is 0 Å². The zero-order valence-electron chi connectivity index (χ0n) is 9.63. The minimum Gasteiger partial charge on any atom is -0.335 e. The maximum atomic E-state index is 11.2. The summed E-state index contributed by atoms with van der Waals surface area (Å²) < 4.78 is 0. The van der Waals surface area contributed by atoms with Crippen LogP contribution >= 0.6 is 11.6 Å². The number of hydrogen-bond acceptors (Lipinski definition) is 2. The minimum atomic E-state index is -0.319. The minimum absolute atomic E-state index is 0.0516. The molecule has 2 N–H and O–H groups in total. The molecule has 0 bridgehead atoms. The molecule has 1 aromatic carbocycles. The number of carbonyl (C=O) groups excluding carboxylic acids is 1. The van der Waals surface area contributed by atoms with E-state index >= 15 is 0 Å². The summed E-state index contributed by atoms with van der Waals surface area (Å²) in [7, 11) is 1.41. The number of urea groups is 1. The molecule has 0 unspecified atom stereocenters. The van der Waals surface area contributed by atoms with Crippen molar-refractivity contribution in [3.63, 3.8) is 0 Å². The van der Waals surface area contributed by atoms with E-state index in [9.17, 15) is 4.79 Å². The van der Waals surface area contributed by atoms with E-state index < -0.39 is 0 Å². The number of amides is 2. The topological polar surface area (TPSA) is 50.4 Å². The Balaban J connectivity index is 1.98. The number of rotatable bonds is 4. The summed E-state index contributed by atoms with van der Waals surface area (Å²) in [4.78, 5) is 15.8. The van der Waals surface area contributed by atoms with E-state index in [4.69, 9.17) is 11.6 Å². The zero-order chi connectivity index (χ0) is 12.3. The van der Waals surface area contributed by atoms with E-state index in [-0.39, 0.29) is 11.4 Å². The lowest BCUT2D eigenvalue weighted by molar-refractivity contribution is 0.107. The van der Waals surface area contributed by atoms with Crippen LogP contribution in [0.15, 0.2) is 24.3 Å². The lowest BCUT2D eigenvalue weighted by atomic mass is 9.96. The first-order valence-electron chi connectivity index (χ1n) is 5.49. The third kappa shape index (κ3) is 2.90. The normalized spacial score (nSPS) is 16.4. The molecule has 0 spiro atoms. The van der Waals surface area contributed by atoms with Gasteiger partial charge in [-0.15, -0.1) is 0 Å². The van der Waals surface area contributed by atoms with Gasteiger partial charge in [-0.25, -0.2) is 10.3 Å². The fourth-order valence-electron chi connectivity index (χ4n) is 1.92. The first-order valence-corrected chi connectivity index (χ1v) is 5.87. The van der Waals surface area contributed by atoms with Crippen molar-refractivity contribution in [1.82, 2.24) is 10.8 Å². The number of hydroxylamine groups is 1. The molecule has 1 fully saturated rings. The summed E-state index contributed by atoms with van der Waals surface area (Å²) in [6, 6.07) is 7.49. The second kappa shape index (κ2) is 4.94. The van der Waals surface area contributed by atoms with E-state index in [0.717, 1.165) is 17.9 Å². The van der Waals surface area contributed by atoms with Gasteiger partial charge in [0.2, 0.25) is 0 Å². The monoisotopic (exact) mass is 254 g/mol. The van der Waals surface area contributed by atoms with E-state index in [0.29, 0.717) is 6.54 Å². The fourth-order valence-corrected chi connectivity index (χ4v) is 2.11. The van der Waals surface area contributed by atoms with Gasteiger partial charge in [-0.2, -0.15) is 0 Å². The van der Waals surface area contributed by atoms with Crippen molar-refractivity contribution in [2.45, 2.75) is 18.3 Å². The van der Waals surface area contributed by atoms with Gasteiger partial charge in [0.1, 0.15) is 0 Å². The quantitative estimate of drug-likeness (QED) is 0.810. The van der Waals surface area contributed by atoms with Crippen LogP contribution in [-0.4, -0.2) is 19.7 Å². The first kappa shape index (κ1) is 12.2. The van der Waals surface area contributed by atoms with Crippen molar-refractivity contribution in [1.29, 1.82) is 0 Å². The molecular formula is C12H15ClN2O2. The van der Waals surface area contributed by atoms with Crippen molar-refractivity contribution in [3.05, 3.63) is 34.9 Å². The van der Waals surface area contributed by atoms with Crippen LogP contribution in [0, 0.1) is 0 Å². The Bertz CT molecular complexity index is 419. The molecule has 0 atom stereocenters. The highest BCUT2D eigenvalue weighted by molar-refractivity contribution is 6.30. The standard InChI is InChI=1S/C12H15ClN2O2/c1-17-15-11(16)14-8-12(5-6-12)9-3-2-4-10(13)7-9/h2-4,7H,5-6,8H2,1H3,(H2,14,15,16). The summed E-state index contributed by atoms with van der Waals surface area (Å²) in [5.41, 5.74) is 3.47.